The summed E-state index contributed by atoms with van der Waals surface area (Å²) in [5.74, 6) is 1.04. The van der Waals surface area contributed by atoms with E-state index in [1.807, 2.05) is 16.8 Å². The number of aromatic nitrogens is 2. The molecule has 0 saturated heterocycles. The fourth-order valence-corrected chi connectivity index (χ4v) is 4.37. The van der Waals surface area contributed by atoms with E-state index in [0.717, 1.165) is 43.0 Å². The number of nitrogens with zero attached hydrogens (tertiary/aromatic N) is 2. The van der Waals surface area contributed by atoms with Crippen LogP contribution in [0.25, 0.3) is 16.3 Å². The molecular formula is C18H17Cl2N3S. The van der Waals surface area contributed by atoms with Gasteiger partial charge in [0.2, 0.25) is 0 Å². The molecule has 3 aromatic rings. The Hall–Kier alpha value is -1.49. The smallest absolute Gasteiger partial charge is 0.133 e. The molecule has 0 fully saturated rings. The van der Waals surface area contributed by atoms with Crippen molar-refractivity contribution in [1.29, 1.82) is 0 Å². The van der Waals surface area contributed by atoms with Gasteiger partial charge in [-0.15, -0.1) is 11.3 Å². The van der Waals surface area contributed by atoms with E-state index in [1.165, 1.54) is 16.0 Å². The van der Waals surface area contributed by atoms with Crippen molar-refractivity contribution in [2.24, 2.45) is 0 Å². The summed E-state index contributed by atoms with van der Waals surface area (Å²) < 4.78 is 1.92. The molecule has 6 heteroatoms. The number of hydrogen-bond acceptors (Lipinski definition) is 3. The topological polar surface area (TPSA) is 29.9 Å². The molecule has 1 aromatic carbocycles. The van der Waals surface area contributed by atoms with Crippen LogP contribution in [0, 0.1) is 6.92 Å². The second-order valence-corrected chi connectivity index (χ2v) is 7.73. The van der Waals surface area contributed by atoms with Gasteiger partial charge in [-0.1, -0.05) is 29.3 Å². The first-order valence-corrected chi connectivity index (χ1v) is 9.64. The van der Waals surface area contributed by atoms with Crippen LogP contribution in [0.1, 0.15) is 24.0 Å². The number of aryl methyl sites for hydroxylation is 1. The summed E-state index contributed by atoms with van der Waals surface area (Å²) in [5, 5.41) is 11.7. The largest absolute Gasteiger partial charge is 0.370 e. The SMILES string of the molecule is Cc1csc(-c2nn(-c3cccc(Cl)c3Cl)c3c2CCCCN3)c1. The van der Waals surface area contributed by atoms with Crippen LogP contribution in [0.3, 0.4) is 0 Å². The third kappa shape index (κ3) is 2.73. The highest BCUT2D eigenvalue weighted by Gasteiger charge is 2.23. The lowest BCUT2D eigenvalue weighted by Crippen LogP contribution is -2.07. The van der Waals surface area contributed by atoms with Crippen LogP contribution >= 0.6 is 34.5 Å². The molecule has 4 rings (SSSR count). The molecule has 3 heterocycles. The second-order valence-electron chi connectivity index (χ2n) is 6.03. The van der Waals surface area contributed by atoms with Gasteiger partial charge in [-0.25, -0.2) is 4.68 Å². The van der Waals surface area contributed by atoms with E-state index in [4.69, 9.17) is 28.3 Å². The molecule has 124 valence electrons. The quantitative estimate of drug-likeness (QED) is 0.596. The molecule has 2 aromatic heterocycles. The number of anilines is 1. The Labute approximate surface area is 155 Å². The van der Waals surface area contributed by atoms with Gasteiger partial charge in [-0.2, -0.15) is 5.10 Å². The van der Waals surface area contributed by atoms with Gasteiger partial charge in [-0.3, -0.25) is 0 Å². The zero-order chi connectivity index (χ0) is 16.7. The lowest BCUT2D eigenvalue weighted by molar-refractivity contribution is 0.780. The van der Waals surface area contributed by atoms with E-state index in [9.17, 15) is 0 Å². The Morgan fingerprint density at radius 3 is 2.92 bits per heavy atom. The van der Waals surface area contributed by atoms with E-state index < -0.39 is 0 Å². The molecule has 3 nitrogen and oxygen atoms in total. The molecule has 1 aliphatic rings. The van der Waals surface area contributed by atoms with Gasteiger partial charge in [0.25, 0.3) is 0 Å². The van der Waals surface area contributed by atoms with Crippen molar-refractivity contribution in [2.45, 2.75) is 26.2 Å². The van der Waals surface area contributed by atoms with Crippen LogP contribution in [-0.4, -0.2) is 16.3 Å². The van der Waals surface area contributed by atoms with E-state index >= 15 is 0 Å². The van der Waals surface area contributed by atoms with Gasteiger partial charge in [0, 0.05) is 12.1 Å². The Bertz CT molecular complexity index is 898. The lowest BCUT2D eigenvalue weighted by atomic mass is 10.1. The molecule has 0 radical (unpaired) electrons. The summed E-state index contributed by atoms with van der Waals surface area (Å²) >= 11 is 14.4. The number of halogens is 2. The van der Waals surface area contributed by atoms with Crippen molar-refractivity contribution in [2.75, 3.05) is 11.9 Å². The monoisotopic (exact) mass is 377 g/mol. The third-order valence-corrected chi connectivity index (χ3v) is 6.12. The summed E-state index contributed by atoms with van der Waals surface area (Å²) in [4.78, 5) is 1.20. The average Bonchev–Trinajstić information content (AvgIpc) is 3.06. The third-order valence-electron chi connectivity index (χ3n) is 4.25. The van der Waals surface area contributed by atoms with Gasteiger partial charge < -0.3 is 5.32 Å². The maximum absolute atomic E-state index is 6.45. The first kappa shape index (κ1) is 16.0. The highest BCUT2D eigenvalue weighted by atomic mass is 35.5. The van der Waals surface area contributed by atoms with Gasteiger partial charge in [-0.05, 0) is 55.3 Å². The highest BCUT2D eigenvalue weighted by Crippen LogP contribution is 2.38. The fraction of sp³-hybridized carbons (Fsp3) is 0.278. The van der Waals surface area contributed by atoms with Gasteiger partial charge in [0.1, 0.15) is 11.5 Å². The predicted octanol–water partition coefficient (Wildman–Crippen LogP) is 5.96. The minimum atomic E-state index is 0.532. The molecule has 0 aliphatic carbocycles. The summed E-state index contributed by atoms with van der Waals surface area (Å²) in [5.41, 5.74) is 4.40. The number of nitrogens with one attached hydrogen (secondary N) is 1. The van der Waals surface area contributed by atoms with Crippen LogP contribution in [0.15, 0.2) is 29.6 Å². The summed E-state index contributed by atoms with van der Waals surface area (Å²) in [6.45, 7) is 3.06. The van der Waals surface area contributed by atoms with Crippen molar-refractivity contribution >= 4 is 40.4 Å². The van der Waals surface area contributed by atoms with Crippen LogP contribution < -0.4 is 5.32 Å². The van der Waals surface area contributed by atoms with Crippen LogP contribution in [0.4, 0.5) is 5.82 Å². The van der Waals surface area contributed by atoms with Crippen molar-refractivity contribution in [3.8, 4) is 16.3 Å². The molecular weight excluding hydrogens is 361 g/mol. The first-order valence-electron chi connectivity index (χ1n) is 8.01. The van der Waals surface area contributed by atoms with E-state index in [0.29, 0.717) is 10.0 Å². The zero-order valence-corrected chi connectivity index (χ0v) is 15.6. The maximum Gasteiger partial charge on any atom is 0.133 e. The Morgan fingerprint density at radius 2 is 2.12 bits per heavy atom. The fourth-order valence-electron chi connectivity index (χ4n) is 3.09. The molecule has 0 unspecified atom stereocenters. The predicted molar refractivity (Wildman–Crippen MR) is 103 cm³/mol. The molecule has 0 atom stereocenters. The van der Waals surface area contributed by atoms with Crippen LogP contribution in [0.2, 0.25) is 10.0 Å². The van der Waals surface area contributed by atoms with Gasteiger partial charge >= 0.3 is 0 Å². The van der Waals surface area contributed by atoms with E-state index in [1.54, 1.807) is 17.4 Å². The first-order chi connectivity index (χ1) is 11.6. The normalized spacial score (nSPS) is 14.1. The maximum atomic E-state index is 6.45. The number of rotatable bonds is 2. The highest BCUT2D eigenvalue weighted by molar-refractivity contribution is 7.13. The number of fused-ring (bicyclic) bond motifs is 1. The number of thiophene rings is 1. The Balaban J connectivity index is 1.94. The van der Waals surface area contributed by atoms with Crippen LogP contribution in [0.5, 0.6) is 0 Å². The lowest BCUT2D eigenvalue weighted by Gasteiger charge is -2.11. The number of hydrogen-bond donors (Lipinski definition) is 1. The molecule has 0 bridgehead atoms. The van der Waals surface area contributed by atoms with Crippen molar-refractivity contribution in [3.05, 3.63) is 50.8 Å². The standard InChI is InChI=1S/C18H17Cl2N3S/c1-11-9-15(24-10-11)17-12-5-2-3-8-21-18(12)23(22-17)14-7-4-6-13(19)16(14)20/h4,6-7,9-10,21H,2-3,5,8H2,1H3. The minimum Gasteiger partial charge on any atom is -0.370 e. The second kappa shape index (κ2) is 6.43. The van der Waals surface area contributed by atoms with E-state index in [-0.39, 0.29) is 0 Å². The molecule has 0 spiro atoms. The van der Waals surface area contributed by atoms with Gasteiger partial charge in [0.05, 0.1) is 20.6 Å². The zero-order valence-electron chi connectivity index (χ0n) is 13.3. The van der Waals surface area contributed by atoms with Crippen molar-refractivity contribution in [1.82, 2.24) is 9.78 Å². The van der Waals surface area contributed by atoms with Gasteiger partial charge in [0.15, 0.2) is 0 Å². The Kier molecular flexibility index (Phi) is 4.29. The minimum absolute atomic E-state index is 0.532. The Morgan fingerprint density at radius 1 is 1.25 bits per heavy atom. The van der Waals surface area contributed by atoms with Crippen molar-refractivity contribution in [3.63, 3.8) is 0 Å². The summed E-state index contributed by atoms with van der Waals surface area (Å²) in [6.07, 6.45) is 3.33. The number of benzene rings is 1. The summed E-state index contributed by atoms with van der Waals surface area (Å²) in [7, 11) is 0. The molecule has 24 heavy (non-hydrogen) atoms. The van der Waals surface area contributed by atoms with E-state index in [2.05, 4.69) is 23.7 Å². The summed E-state index contributed by atoms with van der Waals surface area (Å²) in [6, 6.07) is 7.86. The molecule has 0 saturated carbocycles. The molecule has 1 aliphatic heterocycles. The average molecular weight is 378 g/mol. The van der Waals surface area contributed by atoms with Crippen LogP contribution in [-0.2, 0) is 6.42 Å². The molecule has 0 amide bonds. The van der Waals surface area contributed by atoms with Crippen molar-refractivity contribution < 1.29 is 0 Å². The molecule has 1 N–H and O–H groups in total.